The predicted molar refractivity (Wildman–Crippen MR) is 99.2 cm³/mol. The molecule has 1 aromatic rings. The van der Waals surface area contributed by atoms with Gasteiger partial charge in [-0.25, -0.2) is 0 Å². The van der Waals surface area contributed by atoms with Crippen molar-refractivity contribution in [3.63, 3.8) is 0 Å². The second-order valence-corrected chi connectivity index (χ2v) is 6.64. The number of benzene rings is 1. The first-order valence-corrected chi connectivity index (χ1v) is 9.14. The molecule has 130 valence electrons. The summed E-state index contributed by atoms with van der Waals surface area (Å²) < 4.78 is 5.50. The third-order valence-electron chi connectivity index (χ3n) is 4.72. The number of anilines is 1. The number of nitrogens with one attached hydrogen (secondary N) is 1. The summed E-state index contributed by atoms with van der Waals surface area (Å²) >= 11 is 5.56. The Morgan fingerprint density at radius 2 is 1.96 bits per heavy atom. The average Bonchev–Trinajstić information content (AvgIpc) is 3.16. The number of carbonyl (C=O) groups is 1. The highest BCUT2D eigenvalue weighted by atomic mass is 32.1. The third kappa shape index (κ3) is 3.87. The van der Waals surface area contributed by atoms with Gasteiger partial charge < -0.3 is 19.9 Å². The molecule has 0 aromatic heterocycles. The molecule has 0 saturated carbocycles. The number of amides is 1. The molecule has 1 unspecified atom stereocenters. The maximum absolute atomic E-state index is 12.4. The number of aryl methyl sites for hydroxylation is 1. The minimum absolute atomic E-state index is 0.141. The average molecular weight is 347 g/mol. The first-order chi connectivity index (χ1) is 11.7. The van der Waals surface area contributed by atoms with Crippen LogP contribution in [0.15, 0.2) is 24.3 Å². The number of hydrogen-bond acceptors (Lipinski definition) is 3. The quantitative estimate of drug-likeness (QED) is 0.850. The second kappa shape index (κ2) is 7.94. The van der Waals surface area contributed by atoms with Crippen LogP contribution in [0.2, 0.25) is 0 Å². The van der Waals surface area contributed by atoms with E-state index in [9.17, 15) is 4.79 Å². The van der Waals surface area contributed by atoms with Crippen molar-refractivity contribution < 1.29 is 9.53 Å². The molecular weight excluding hydrogens is 322 g/mol. The molecule has 1 amide bonds. The Balaban J connectivity index is 1.52. The molecule has 0 radical (unpaired) electrons. The van der Waals surface area contributed by atoms with E-state index in [1.807, 2.05) is 17.0 Å². The van der Waals surface area contributed by atoms with Crippen LogP contribution in [0.25, 0.3) is 0 Å². The van der Waals surface area contributed by atoms with E-state index < -0.39 is 0 Å². The number of para-hydroxylation sites is 1. The van der Waals surface area contributed by atoms with Crippen LogP contribution in [-0.2, 0) is 16.0 Å². The van der Waals surface area contributed by atoms with Gasteiger partial charge >= 0.3 is 0 Å². The van der Waals surface area contributed by atoms with Crippen LogP contribution in [-0.4, -0.2) is 59.7 Å². The normalized spacial score (nSPS) is 21.0. The molecule has 24 heavy (non-hydrogen) atoms. The molecule has 5 nitrogen and oxygen atoms in total. The van der Waals surface area contributed by atoms with Gasteiger partial charge in [-0.2, -0.15) is 0 Å². The van der Waals surface area contributed by atoms with E-state index in [2.05, 4.69) is 29.3 Å². The van der Waals surface area contributed by atoms with Crippen molar-refractivity contribution in [1.82, 2.24) is 9.80 Å². The fraction of sp³-hybridized carbons (Fsp3) is 0.556. The first-order valence-electron chi connectivity index (χ1n) is 8.73. The van der Waals surface area contributed by atoms with Crippen LogP contribution >= 0.6 is 12.2 Å². The Kier molecular flexibility index (Phi) is 5.68. The number of ether oxygens (including phenoxy) is 1. The molecule has 2 saturated heterocycles. The molecule has 6 heteroatoms. The Morgan fingerprint density at radius 3 is 2.62 bits per heavy atom. The highest BCUT2D eigenvalue weighted by molar-refractivity contribution is 7.80. The van der Waals surface area contributed by atoms with Crippen molar-refractivity contribution in [3.8, 4) is 0 Å². The molecule has 0 aliphatic carbocycles. The summed E-state index contributed by atoms with van der Waals surface area (Å²) in [6.07, 6.45) is 2.58. The number of rotatable bonds is 3. The zero-order valence-electron chi connectivity index (χ0n) is 14.2. The van der Waals surface area contributed by atoms with Crippen molar-refractivity contribution in [2.24, 2.45) is 0 Å². The lowest BCUT2D eigenvalue weighted by Gasteiger charge is -2.37. The fourth-order valence-electron chi connectivity index (χ4n) is 3.25. The van der Waals surface area contributed by atoms with Crippen molar-refractivity contribution in [3.05, 3.63) is 29.8 Å². The number of piperazine rings is 1. The van der Waals surface area contributed by atoms with Gasteiger partial charge in [0.1, 0.15) is 6.10 Å². The van der Waals surface area contributed by atoms with Gasteiger partial charge in [0.05, 0.1) is 0 Å². The Labute approximate surface area is 149 Å². The summed E-state index contributed by atoms with van der Waals surface area (Å²) in [6, 6.07) is 8.23. The molecule has 1 aromatic carbocycles. The number of nitrogens with zero attached hydrogens (tertiary/aromatic N) is 2. The predicted octanol–water partition coefficient (Wildman–Crippen LogP) is 2.27. The minimum Gasteiger partial charge on any atom is -0.368 e. The molecule has 2 aliphatic heterocycles. The SMILES string of the molecule is CCc1ccccc1NC(=S)N1CCN(C(=O)C2CCCO2)CC1. The summed E-state index contributed by atoms with van der Waals surface area (Å²) in [5.74, 6) is 0.141. The van der Waals surface area contributed by atoms with Crippen molar-refractivity contribution >= 4 is 28.9 Å². The molecule has 2 aliphatic rings. The van der Waals surface area contributed by atoms with Gasteiger partial charge in [-0.05, 0) is 43.1 Å². The smallest absolute Gasteiger partial charge is 0.251 e. The summed E-state index contributed by atoms with van der Waals surface area (Å²) in [7, 11) is 0. The lowest BCUT2D eigenvalue weighted by molar-refractivity contribution is -0.142. The van der Waals surface area contributed by atoms with Crippen molar-refractivity contribution in [2.75, 3.05) is 38.1 Å². The van der Waals surface area contributed by atoms with Crippen LogP contribution in [0.1, 0.15) is 25.3 Å². The molecule has 0 bridgehead atoms. The fourth-order valence-corrected chi connectivity index (χ4v) is 3.54. The highest BCUT2D eigenvalue weighted by Crippen LogP contribution is 2.18. The molecule has 1 N–H and O–H groups in total. The summed E-state index contributed by atoms with van der Waals surface area (Å²) in [5.41, 5.74) is 2.33. The monoisotopic (exact) mass is 347 g/mol. The Hall–Kier alpha value is -1.66. The van der Waals surface area contributed by atoms with Gasteiger partial charge in [0.2, 0.25) is 0 Å². The first kappa shape index (κ1) is 17.2. The van der Waals surface area contributed by atoms with E-state index in [0.717, 1.165) is 43.2 Å². The molecular formula is C18H25N3O2S. The van der Waals surface area contributed by atoms with E-state index in [-0.39, 0.29) is 12.0 Å². The van der Waals surface area contributed by atoms with Gasteiger partial charge in [0.25, 0.3) is 5.91 Å². The lowest BCUT2D eigenvalue weighted by atomic mass is 10.1. The minimum atomic E-state index is -0.224. The van der Waals surface area contributed by atoms with Crippen LogP contribution in [0, 0.1) is 0 Å². The summed E-state index contributed by atoms with van der Waals surface area (Å²) in [4.78, 5) is 16.4. The molecule has 2 heterocycles. The summed E-state index contributed by atoms with van der Waals surface area (Å²) in [6.45, 7) is 5.78. The van der Waals surface area contributed by atoms with E-state index >= 15 is 0 Å². The van der Waals surface area contributed by atoms with E-state index in [1.165, 1.54) is 5.56 Å². The zero-order chi connectivity index (χ0) is 16.9. The van der Waals surface area contributed by atoms with Gasteiger partial charge in [0, 0.05) is 38.5 Å². The van der Waals surface area contributed by atoms with Crippen LogP contribution in [0.5, 0.6) is 0 Å². The Morgan fingerprint density at radius 1 is 1.25 bits per heavy atom. The van der Waals surface area contributed by atoms with Gasteiger partial charge in [-0.3, -0.25) is 4.79 Å². The number of carbonyl (C=O) groups excluding carboxylic acids is 1. The maximum atomic E-state index is 12.4. The highest BCUT2D eigenvalue weighted by Gasteiger charge is 2.30. The van der Waals surface area contributed by atoms with Gasteiger partial charge in [0.15, 0.2) is 5.11 Å². The van der Waals surface area contributed by atoms with Gasteiger partial charge in [-0.1, -0.05) is 25.1 Å². The van der Waals surface area contributed by atoms with E-state index in [4.69, 9.17) is 17.0 Å². The van der Waals surface area contributed by atoms with Crippen LogP contribution in [0.3, 0.4) is 0 Å². The van der Waals surface area contributed by atoms with Crippen LogP contribution in [0.4, 0.5) is 5.69 Å². The van der Waals surface area contributed by atoms with Crippen molar-refractivity contribution in [1.29, 1.82) is 0 Å². The number of thiocarbonyl (C=S) groups is 1. The van der Waals surface area contributed by atoms with E-state index in [0.29, 0.717) is 19.7 Å². The molecule has 0 spiro atoms. The Bertz CT molecular complexity index is 594. The largest absolute Gasteiger partial charge is 0.368 e. The maximum Gasteiger partial charge on any atom is 0.251 e. The lowest BCUT2D eigenvalue weighted by Crippen LogP contribution is -2.53. The third-order valence-corrected chi connectivity index (χ3v) is 5.08. The molecule has 3 rings (SSSR count). The standard InChI is InChI=1S/C18H25N3O2S/c1-2-14-6-3-4-7-15(14)19-18(24)21-11-9-20(10-12-21)17(22)16-8-5-13-23-16/h3-4,6-7,16H,2,5,8-13H2,1H3,(H,19,24). The van der Waals surface area contributed by atoms with Crippen molar-refractivity contribution in [2.45, 2.75) is 32.3 Å². The number of hydrogen-bond donors (Lipinski definition) is 1. The zero-order valence-corrected chi connectivity index (χ0v) is 15.0. The van der Waals surface area contributed by atoms with Gasteiger partial charge in [-0.15, -0.1) is 0 Å². The topological polar surface area (TPSA) is 44.8 Å². The molecule has 1 atom stereocenters. The van der Waals surface area contributed by atoms with Crippen LogP contribution < -0.4 is 5.32 Å². The second-order valence-electron chi connectivity index (χ2n) is 6.25. The summed E-state index contributed by atoms with van der Waals surface area (Å²) in [5, 5.41) is 4.10. The molecule has 2 fully saturated rings. The van der Waals surface area contributed by atoms with E-state index in [1.54, 1.807) is 0 Å².